The fraction of sp³-hybridized carbons (Fsp3) is 0.294. The van der Waals surface area contributed by atoms with E-state index in [4.69, 9.17) is 9.26 Å². The number of methoxy groups -OCH3 is 1. The van der Waals surface area contributed by atoms with Gasteiger partial charge in [-0.25, -0.2) is 4.67 Å². The molecule has 6 heteroatoms. The summed E-state index contributed by atoms with van der Waals surface area (Å²) in [6.45, 7) is 1.29. The highest BCUT2D eigenvalue weighted by Gasteiger charge is 2.34. The lowest BCUT2D eigenvalue weighted by Crippen LogP contribution is -2.28. The van der Waals surface area contributed by atoms with Crippen molar-refractivity contribution in [2.45, 2.75) is 11.4 Å². The summed E-state index contributed by atoms with van der Waals surface area (Å²) in [4.78, 5) is 1.21. The van der Waals surface area contributed by atoms with Crippen LogP contribution in [0.2, 0.25) is 0 Å². The minimum atomic E-state index is -3.06. The molecule has 0 spiro atoms. The quantitative estimate of drug-likeness (QED) is 0.786. The van der Waals surface area contributed by atoms with Gasteiger partial charge >= 0.3 is 7.52 Å². The van der Waals surface area contributed by atoms with Gasteiger partial charge in [-0.05, 0) is 35.9 Å². The molecule has 0 bridgehead atoms. The van der Waals surface area contributed by atoms with E-state index in [9.17, 15) is 4.57 Å². The van der Waals surface area contributed by atoms with Crippen LogP contribution in [-0.2, 0) is 15.6 Å². The molecule has 0 N–H and O–H groups in total. The molecule has 23 heavy (non-hydrogen) atoms. The monoisotopic (exact) mass is 349 g/mol. The van der Waals surface area contributed by atoms with Crippen LogP contribution in [0, 0.1) is 0 Å². The van der Waals surface area contributed by atoms with E-state index in [1.807, 2.05) is 47.1 Å². The molecule has 0 radical (unpaired) electrons. The Kier molecular flexibility index (Phi) is 5.12. The van der Waals surface area contributed by atoms with Gasteiger partial charge in [0.25, 0.3) is 0 Å². The summed E-state index contributed by atoms with van der Waals surface area (Å²) in [5.74, 6) is 1.69. The second-order valence-corrected chi connectivity index (χ2v) is 8.87. The molecule has 1 aliphatic rings. The molecule has 1 heterocycles. The van der Waals surface area contributed by atoms with Gasteiger partial charge in [0, 0.05) is 30.8 Å². The lowest BCUT2D eigenvalue weighted by Gasteiger charge is -2.29. The van der Waals surface area contributed by atoms with Crippen molar-refractivity contribution < 1.29 is 13.8 Å². The highest BCUT2D eigenvalue weighted by molar-refractivity contribution is 7.99. The Morgan fingerprint density at radius 1 is 1.13 bits per heavy atom. The predicted octanol–water partition coefficient (Wildman–Crippen LogP) is 3.77. The van der Waals surface area contributed by atoms with E-state index < -0.39 is 7.52 Å². The molecule has 0 amide bonds. The number of ether oxygens (including phenoxy) is 1. The zero-order chi connectivity index (χ0) is 16.3. The van der Waals surface area contributed by atoms with Crippen LogP contribution in [0.1, 0.15) is 5.56 Å². The van der Waals surface area contributed by atoms with E-state index in [-0.39, 0.29) is 0 Å². The van der Waals surface area contributed by atoms with Crippen molar-refractivity contribution in [3.8, 4) is 5.75 Å². The van der Waals surface area contributed by atoms with E-state index >= 15 is 0 Å². The van der Waals surface area contributed by atoms with Crippen molar-refractivity contribution in [2.75, 3.05) is 26.5 Å². The Labute approximate surface area is 141 Å². The fourth-order valence-corrected chi connectivity index (χ4v) is 5.87. The summed E-state index contributed by atoms with van der Waals surface area (Å²) in [5, 5.41) is 0.735. The highest BCUT2D eigenvalue weighted by Crippen LogP contribution is 2.51. The van der Waals surface area contributed by atoms with Crippen molar-refractivity contribution in [2.24, 2.45) is 0 Å². The Balaban J connectivity index is 1.97. The third-order valence-corrected chi connectivity index (χ3v) is 7.56. The first-order valence-corrected chi connectivity index (χ1v) is 10.0. The van der Waals surface area contributed by atoms with Crippen LogP contribution in [0.3, 0.4) is 0 Å². The van der Waals surface area contributed by atoms with Crippen LogP contribution in [-0.4, -0.2) is 31.2 Å². The van der Waals surface area contributed by atoms with Crippen LogP contribution in [0.25, 0.3) is 0 Å². The summed E-state index contributed by atoms with van der Waals surface area (Å²) in [7, 11) is 0.130. The predicted molar refractivity (Wildman–Crippen MR) is 94.8 cm³/mol. The zero-order valence-electron chi connectivity index (χ0n) is 13.3. The summed E-state index contributed by atoms with van der Waals surface area (Å²) in [6, 6.07) is 15.5. The third-order valence-electron chi connectivity index (χ3n) is 3.93. The summed E-state index contributed by atoms with van der Waals surface area (Å²) < 4.78 is 26.3. The van der Waals surface area contributed by atoms with Gasteiger partial charge in [-0.3, -0.25) is 4.57 Å². The molecule has 2 aromatic rings. The number of thioether (sulfide) groups is 1. The summed E-state index contributed by atoms with van der Waals surface area (Å²) >= 11 is 1.78. The first-order chi connectivity index (χ1) is 11.2. The molecular formula is C17H20NO3PS. The third kappa shape index (κ3) is 3.33. The smallest absolute Gasteiger partial charge is 0.302 e. The topological polar surface area (TPSA) is 38.8 Å². The van der Waals surface area contributed by atoms with Gasteiger partial charge in [-0.15, -0.1) is 11.8 Å². The Bertz CT molecular complexity index is 723. The Hall–Kier alpha value is -1.26. The van der Waals surface area contributed by atoms with E-state index in [0.717, 1.165) is 22.4 Å². The summed E-state index contributed by atoms with van der Waals surface area (Å²) in [6.07, 6.45) is 0. The van der Waals surface area contributed by atoms with Crippen molar-refractivity contribution in [1.29, 1.82) is 0 Å². The lowest BCUT2D eigenvalue weighted by atomic mass is 10.2. The second-order valence-electron chi connectivity index (χ2n) is 5.25. The molecule has 1 unspecified atom stereocenters. The largest absolute Gasteiger partial charge is 0.497 e. The van der Waals surface area contributed by atoms with Crippen LogP contribution < -0.4 is 10.0 Å². The molecule has 2 aromatic carbocycles. The van der Waals surface area contributed by atoms with Gasteiger partial charge in [-0.2, -0.15) is 0 Å². The van der Waals surface area contributed by atoms with Crippen LogP contribution in [0.15, 0.2) is 53.4 Å². The van der Waals surface area contributed by atoms with Gasteiger partial charge in [0.1, 0.15) is 5.75 Å². The van der Waals surface area contributed by atoms with E-state index in [1.54, 1.807) is 18.9 Å². The Morgan fingerprint density at radius 2 is 1.91 bits per heavy atom. The molecule has 1 aliphatic heterocycles. The number of hydrogen-bond acceptors (Lipinski definition) is 4. The number of rotatable bonds is 4. The molecule has 0 aromatic heterocycles. The molecule has 0 fully saturated rings. The molecule has 0 aliphatic carbocycles. The fourth-order valence-electron chi connectivity index (χ4n) is 2.71. The standard InChI is InChI=1S/C17H20NO3PS/c1-20-15-8-9-17-14(12-15)13-18(10-11-23-17)22(19,21-2)16-6-4-3-5-7-16/h3-9,12H,10-11,13H2,1-2H3. The van der Waals surface area contributed by atoms with Crippen LogP contribution in [0.4, 0.5) is 0 Å². The Morgan fingerprint density at radius 3 is 2.61 bits per heavy atom. The van der Waals surface area contributed by atoms with Gasteiger partial charge < -0.3 is 9.26 Å². The van der Waals surface area contributed by atoms with E-state index in [1.165, 1.54) is 12.0 Å². The molecule has 0 saturated heterocycles. The van der Waals surface area contributed by atoms with Gasteiger partial charge in [0.05, 0.1) is 12.4 Å². The number of nitrogens with zero attached hydrogens (tertiary/aromatic N) is 1. The minimum absolute atomic E-state index is 0.583. The van der Waals surface area contributed by atoms with Crippen LogP contribution in [0.5, 0.6) is 5.75 Å². The van der Waals surface area contributed by atoms with Gasteiger partial charge in [0.2, 0.25) is 0 Å². The minimum Gasteiger partial charge on any atom is -0.497 e. The highest BCUT2D eigenvalue weighted by atomic mass is 32.2. The van der Waals surface area contributed by atoms with E-state index in [0.29, 0.717) is 13.1 Å². The van der Waals surface area contributed by atoms with Gasteiger partial charge in [-0.1, -0.05) is 18.2 Å². The first-order valence-electron chi connectivity index (χ1n) is 7.44. The number of fused-ring (bicyclic) bond motifs is 1. The molecular weight excluding hydrogens is 329 g/mol. The average molecular weight is 349 g/mol. The summed E-state index contributed by atoms with van der Waals surface area (Å²) in [5.41, 5.74) is 1.13. The maximum absolute atomic E-state index is 13.5. The van der Waals surface area contributed by atoms with Crippen molar-refractivity contribution >= 4 is 24.6 Å². The average Bonchev–Trinajstić information content (AvgIpc) is 2.83. The number of hydrogen-bond donors (Lipinski definition) is 0. The molecule has 122 valence electrons. The number of benzene rings is 2. The van der Waals surface area contributed by atoms with Crippen molar-refractivity contribution in [1.82, 2.24) is 4.67 Å². The zero-order valence-corrected chi connectivity index (χ0v) is 15.0. The molecule has 0 saturated carbocycles. The molecule has 3 rings (SSSR count). The van der Waals surface area contributed by atoms with E-state index in [2.05, 4.69) is 6.07 Å². The second kappa shape index (κ2) is 7.10. The van der Waals surface area contributed by atoms with Gasteiger partial charge in [0.15, 0.2) is 0 Å². The molecule has 4 nitrogen and oxygen atoms in total. The lowest BCUT2D eigenvalue weighted by molar-refractivity contribution is 0.318. The van der Waals surface area contributed by atoms with Crippen molar-refractivity contribution in [3.05, 3.63) is 54.1 Å². The maximum Gasteiger partial charge on any atom is 0.302 e. The SMILES string of the molecule is COc1ccc2c(c1)CN(P(=O)(OC)c1ccccc1)CCS2. The normalized spacial score (nSPS) is 17.8. The maximum atomic E-state index is 13.5. The first kappa shape index (κ1) is 16.6. The molecule has 1 atom stereocenters. The van der Waals surface area contributed by atoms with Crippen molar-refractivity contribution in [3.63, 3.8) is 0 Å². The van der Waals surface area contributed by atoms with Crippen LogP contribution >= 0.6 is 19.3 Å².